The maximum absolute atomic E-state index is 13.2. The van der Waals surface area contributed by atoms with E-state index in [1.165, 1.54) is 0 Å². The minimum absolute atomic E-state index is 0.0306. The zero-order valence-corrected chi connectivity index (χ0v) is 24.2. The first-order chi connectivity index (χ1) is 21.8. The highest BCUT2D eigenvalue weighted by Crippen LogP contribution is 2.38. The predicted molar refractivity (Wildman–Crippen MR) is 159 cm³/mol. The van der Waals surface area contributed by atoms with Gasteiger partial charge in [0.25, 0.3) is 5.91 Å². The number of aromatic nitrogens is 2. The van der Waals surface area contributed by atoms with Crippen molar-refractivity contribution < 1.29 is 38.6 Å². The number of hydrogen-bond acceptors (Lipinski definition) is 10. The number of aromatic amines is 1. The Kier molecular flexibility index (Phi) is 9.77. The topological polar surface area (TPSA) is 197 Å². The molecule has 5 rings (SSSR count). The number of oxime groups is 1. The highest BCUT2D eigenvalue weighted by molar-refractivity contribution is 6.39. The summed E-state index contributed by atoms with van der Waals surface area (Å²) in [5.41, 5.74) is 0.612. The van der Waals surface area contributed by atoms with Gasteiger partial charge in [-0.3, -0.25) is 9.69 Å². The van der Waals surface area contributed by atoms with Gasteiger partial charge in [0.15, 0.2) is 11.5 Å². The second kappa shape index (κ2) is 14.2. The van der Waals surface area contributed by atoms with Gasteiger partial charge in [-0.25, -0.2) is 19.4 Å². The van der Waals surface area contributed by atoms with Crippen molar-refractivity contribution in [2.75, 3.05) is 25.0 Å². The summed E-state index contributed by atoms with van der Waals surface area (Å²) in [5, 5.41) is 21.4. The number of rotatable bonds is 12. The number of nitrogens with one attached hydrogen (secondary N) is 4. The van der Waals surface area contributed by atoms with Gasteiger partial charge in [0.1, 0.15) is 25.0 Å². The first kappa shape index (κ1) is 30.8. The molecule has 1 saturated heterocycles. The smallest absolute Gasteiger partial charge is 0.410 e. The molecule has 45 heavy (non-hydrogen) atoms. The molecule has 2 aromatic carbocycles. The Labute approximate surface area is 257 Å². The number of hydrogen-bond donors (Lipinski definition) is 5. The number of anilines is 1. The lowest BCUT2D eigenvalue weighted by molar-refractivity contribution is -0.139. The standard InChI is InChI=1S/C30H33N7O8/c38-25(33-16-24(26(39)40)35-28(41)43-17-20-7-3-1-4-8-20)23-14-30(45-36-23)13-22(15-34-27-31-11-12-32-27)37(19-30)29(42)44-18-21-9-5-2-6-10-21/h1-12,22,24H,13-19H2,(H,33,38)(H,35,41)(H,39,40)(H2,31,32,34)/t22?,24?,30-/m0/s1. The van der Waals surface area contributed by atoms with Crippen molar-refractivity contribution in [2.45, 2.75) is 43.7 Å². The molecule has 3 aromatic rings. The number of ether oxygens (including phenoxy) is 2. The molecule has 15 nitrogen and oxygen atoms in total. The minimum atomic E-state index is -1.45. The van der Waals surface area contributed by atoms with Crippen molar-refractivity contribution in [3.8, 4) is 0 Å². The minimum Gasteiger partial charge on any atom is -0.480 e. The lowest BCUT2D eigenvalue weighted by Gasteiger charge is -2.24. The lowest BCUT2D eigenvalue weighted by atomic mass is 9.94. The molecule has 2 aliphatic heterocycles. The van der Waals surface area contributed by atoms with Crippen molar-refractivity contribution >= 4 is 35.7 Å². The number of aliphatic carboxylic acids is 1. The molecule has 2 unspecified atom stereocenters. The second-order valence-electron chi connectivity index (χ2n) is 10.6. The number of alkyl carbamates (subject to hydrolysis) is 1. The molecule has 15 heteroatoms. The molecule has 0 saturated carbocycles. The summed E-state index contributed by atoms with van der Waals surface area (Å²) in [7, 11) is 0. The van der Waals surface area contributed by atoms with Gasteiger partial charge in [-0.2, -0.15) is 0 Å². The van der Waals surface area contributed by atoms with E-state index >= 15 is 0 Å². The van der Waals surface area contributed by atoms with Gasteiger partial charge in [0, 0.05) is 38.3 Å². The van der Waals surface area contributed by atoms with Crippen LogP contribution in [0.15, 0.2) is 78.2 Å². The summed E-state index contributed by atoms with van der Waals surface area (Å²) >= 11 is 0. The highest BCUT2D eigenvalue weighted by atomic mass is 16.7. The van der Waals surface area contributed by atoms with Crippen molar-refractivity contribution in [2.24, 2.45) is 5.16 Å². The summed E-state index contributed by atoms with van der Waals surface area (Å²) in [6.07, 6.45) is 2.19. The number of H-pyrrole nitrogens is 1. The molecule has 0 aliphatic carbocycles. The average molecular weight is 620 g/mol. The van der Waals surface area contributed by atoms with Gasteiger partial charge >= 0.3 is 18.2 Å². The van der Waals surface area contributed by atoms with Crippen LogP contribution in [0.1, 0.15) is 24.0 Å². The van der Waals surface area contributed by atoms with Crippen LogP contribution in [0.2, 0.25) is 0 Å². The van der Waals surface area contributed by atoms with Crippen LogP contribution < -0.4 is 16.0 Å². The van der Waals surface area contributed by atoms with Crippen molar-refractivity contribution in [1.29, 1.82) is 0 Å². The third-order valence-electron chi connectivity index (χ3n) is 7.32. The molecule has 0 radical (unpaired) electrons. The van der Waals surface area contributed by atoms with Gasteiger partial charge in [-0.05, 0) is 11.1 Å². The molecule has 1 aromatic heterocycles. The van der Waals surface area contributed by atoms with Crippen LogP contribution in [0.4, 0.5) is 15.5 Å². The van der Waals surface area contributed by atoms with Crippen molar-refractivity contribution in [3.05, 3.63) is 84.2 Å². The van der Waals surface area contributed by atoms with E-state index in [1.807, 2.05) is 36.4 Å². The fourth-order valence-corrected chi connectivity index (χ4v) is 5.06. The highest BCUT2D eigenvalue weighted by Gasteiger charge is 2.52. The maximum Gasteiger partial charge on any atom is 0.410 e. The lowest BCUT2D eigenvalue weighted by Crippen LogP contribution is -2.49. The summed E-state index contributed by atoms with van der Waals surface area (Å²) < 4.78 is 10.7. The number of likely N-dealkylation sites (tertiary alicyclic amines) is 1. The van der Waals surface area contributed by atoms with Crippen LogP contribution in [0.3, 0.4) is 0 Å². The fraction of sp³-hybridized carbons (Fsp3) is 0.333. The summed E-state index contributed by atoms with van der Waals surface area (Å²) in [4.78, 5) is 64.4. The SMILES string of the molecule is O=C(NC(CNC(=O)C1=NO[C@]2(C1)CC(CNc1ncc[nH]1)N(C(=O)OCc1ccccc1)C2)C(=O)O)OCc1ccccc1. The van der Waals surface area contributed by atoms with Crippen LogP contribution in [0.25, 0.3) is 0 Å². The Morgan fingerprint density at radius 1 is 1.04 bits per heavy atom. The Hall–Kier alpha value is -5.60. The number of carboxylic acids is 1. The van der Waals surface area contributed by atoms with E-state index < -0.39 is 42.3 Å². The van der Waals surface area contributed by atoms with Gasteiger partial charge in [-0.1, -0.05) is 65.8 Å². The van der Waals surface area contributed by atoms with Crippen molar-refractivity contribution in [1.82, 2.24) is 25.5 Å². The maximum atomic E-state index is 13.2. The number of imidazole rings is 1. The Balaban J connectivity index is 1.15. The van der Waals surface area contributed by atoms with Crippen LogP contribution in [-0.2, 0) is 37.1 Å². The molecule has 2 aliphatic rings. The average Bonchev–Trinajstić information content (AvgIpc) is 3.81. The van der Waals surface area contributed by atoms with Gasteiger partial charge in [-0.15, -0.1) is 0 Å². The largest absolute Gasteiger partial charge is 0.480 e. The van der Waals surface area contributed by atoms with Crippen LogP contribution in [-0.4, -0.2) is 87.1 Å². The monoisotopic (exact) mass is 619 g/mol. The first-order valence-electron chi connectivity index (χ1n) is 14.2. The van der Waals surface area contributed by atoms with E-state index in [9.17, 15) is 24.3 Å². The number of nitrogens with zero attached hydrogens (tertiary/aromatic N) is 3. The van der Waals surface area contributed by atoms with Gasteiger partial charge < -0.3 is 40.4 Å². The summed E-state index contributed by atoms with van der Waals surface area (Å²) in [6, 6.07) is 16.4. The normalized spacial score (nSPS) is 19.2. The first-order valence-corrected chi connectivity index (χ1v) is 14.2. The summed E-state index contributed by atoms with van der Waals surface area (Å²) in [5.74, 6) is -1.49. The molecule has 5 N–H and O–H groups in total. The van der Waals surface area contributed by atoms with Crippen LogP contribution in [0, 0.1) is 0 Å². The Morgan fingerprint density at radius 2 is 1.73 bits per heavy atom. The van der Waals surface area contributed by atoms with E-state index in [2.05, 4.69) is 31.1 Å². The number of carboxylic acid groups (broad SMARTS) is 1. The van der Waals surface area contributed by atoms with E-state index in [4.69, 9.17) is 14.3 Å². The molecular formula is C30H33N7O8. The molecular weight excluding hydrogens is 586 g/mol. The molecule has 1 spiro atoms. The number of carbonyl (C=O) groups is 4. The summed E-state index contributed by atoms with van der Waals surface area (Å²) in [6.45, 7) is 0.0562. The van der Waals surface area contributed by atoms with Gasteiger partial charge in [0.2, 0.25) is 0 Å². The van der Waals surface area contributed by atoms with E-state index in [0.29, 0.717) is 18.9 Å². The number of amides is 3. The third-order valence-corrected chi connectivity index (χ3v) is 7.32. The van der Waals surface area contributed by atoms with E-state index in [-0.39, 0.29) is 37.9 Å². The molecule has 1 fully saturated rings. The van der Waals surface area contributed by atoms with Crippen molar-refractivity contribution in [3.63, 3.8) is 0 Å². The van der Waals surface area contributed by atoms with E-state index in [1.54, 1.807) is 41.6 Å². The van der Waals surface area contributed by atoms with E-state index in [0.717, 1.165) is 11.1 Å². The zero-order valence-electron chi connectivity index (χ0n) is 24.2. The zero-order chi connectivity index (χ0) is 31.6. The Bertz CT molecular complexity index is 1500. The fourth-order valence-electron chi connectivity index (χ4n) is 5.06. The molecule has 3 amide bonds. The van der Waals surface area contributed by atoms with Crippen LogP contribution >= 0.6 is 0 Å². The third kappa shape index (κ3) is 8.28. The number of carbonyl (C=O) groups excluding carboxylic acids is 3. The number of benzene rings is 2. The van der Waals surface area contributed by atoms with Crippen LogP contribution in [0.5, 0.6) is 0 Å². The second-order valence-corrected chi connectivity index (χ2v) is 10.6. The van der Waals surface area contributed by atoms with Gasteiger partial charge in [0.05, 0.1) is 12.6 Å². The molecule has 0 bridgehead atoms. The molecule has 236 valence electrons. The molecule has 3 atom stereocenters. The predicted octanol–water partition coefficient (Wildman–Crippen LogP) is 2.24. The quantitative estimate of drug-likeness (QED) is 0.201. The molecule has 3 heterocycles. The Morgan fingerprint density at radius 3 is 2.38 bits per heavy atom.